The van der Waals surface area contributed by atoms with Gasteiger partial charge in [-0.2, -0.15) is 5.10 Å². The summed E-state index contributed by atoms with van der Waals surface area (Å²) in [5, 5.41) is 22.8. The lowest BCUT2D eigenvalue weighted by Gasteiger charge is -2.71. The number of nitrogens with one attached hydrogen (secondary N) is 1. The van der Waals surface area contributed by atoms with Gasteiger partial charge in [0, 0.05) is 34.1 Å². The third-order valence-electron chi connectivity index (χ3n) is 17.1. The number of hydrogen-bond acceptors (Lipinski definition) is 7. The van der Waals surface area contributed by atoms with E-state index in [1.54, 1.807) is 16.9 Å². The molecule has 7 rings (SSSR count). The molecule has 2 aromatic rings. The Labute approximate surface area is 316 Å². The Hall–Kier alpha value is -2.07. The minimum atomic E-state index is -0.609. The van der Waals surface area contributed by atoms with Crippen molar-refractivity contribution in [3.63, 3.8) is 0 Å². The Balaban J connectivity index is 1.35. The molecule has 1 aliphatic heterocycles. The maximum Gasteiger partial charge on any atom is 0.307 e. The van der Waals surface area contributed by atoms with Gasteiger partial charge < -0.3 is 19.9 Å². The summed E-state index contributed by atoms with van der Waals surface area (Å²) in [6.07, 6.45) is 12.1. The van der Waals surface area contributed by atoms with Crippen LogP contribution in [0.2, 0.25) is 0 Å². The third-order valence-corrected chi connectivity index (χ3v) is 17.9. The molecule has 3 heterocycles. The molecule has 4 fully saturated rings. The van der Waals surface area contributed by atoms with E-state index in [9.17, 15) is 9.90 Å². The van der Waals surface area contributed by atoms with Gasteiger partial charge in [-0.05, 0) is 104 Å². The number of nitrogens with zero attached hydrogens (tertiary/aromatic N) is 3. The lowest BCUT2D eigenvalue weighted by molar-refractivity contribution is -0.253. The first-order valence-corrected chi connectivity index (χ1v) is 21.1. The molecule has 8 nitrogen and oxygen atoms in total. The van der Waals surface area contributed by atoms with Crippen LogP contribution in [-0.2, 0) is 14.3 Å². The summed E-state index contributed by atoms with van der Waals surface area (Å²) in [4.78, 5) is 18.3. The first-order valence-electron chi connectivity index (χ1n) is 20.2. The topological polar surface area (TPSA) is 98.5 Å². The second-order valence-electron chi connectivity index (χ2n) is 19.7. The minimum Gasteiger partial charge on any atom is -0.481 e. The number of aromatic nitrogens is 3. The lowest BCUT2D eigenvalue weighted by Crippen LogP contribution is -2.69. The van der Waals surface area contributed by atoms with Gasteiger partial charge in [0.1, 0.15) is 5.01 Å². The Morgan fingerprint density at radius 1 is 1.12 bits per heavy atom. The fraction of sp³-hybridized carbons (Fsp3) is 0.791. The van der Waals surface area contributed by atoms with Crippen molar-refractivity contribution >= 4 is 17.3 Å². The van der Waals surface area contributed by atoms with Crippen LogP contribution in [0.1, 0.15) is 114 Å². The molecule has 5 aliphatic rings. The van der Waals surface area contributed by atoms with Gasteiger partial charge in [-0.25, -0.2) is 4.98 Å². The first kappa shape index (κ1) is 38.2. The van der Waals surface area contributed by atoms with Gasteiger partial charge in [0.2, 0.25) is 0 Å². The average Bonchev–Trinajstić information content (AvgIpc) is 3.80. The van der Waals surface area contributed by atoms with Crippen molar-refractivity contribution in [1.29, 1.82) is 0 Å². The van der Waals surface area contributed by atoms with Crippen molar-refractivity contribution < 1.29 is 19.4 Å². The number of carboxylic acid groups (broad SMARTS) is 1. The van der Waals surface area contributed by atoms with Crippen molar-refractivity contribution in [3.05, 3.63) is 35.5 Å². The molecule has 0 unspecified atom stereocenters. The molecular weight excluding hydrogens is 669 g/mol. The van der Waals surface area contributed by atoms with Gasteiger partial charge in [0.05, 0.1) is 43.6 Å². The molecule has 9 heteroatoms. The number of allylic oxidation sites excluding steroid dienone is 1. The summed E-state index contributed by atoms with van der Waals surface area (Å²) in [5.41, 5.74) is 1.26. The Morgan fingerprint density at radius 2 is 1.87 bits per heavy atom. The molecule has 2 bridgehead atoms. The summed E-state index contributed by atoms with van der Waals surface area (Å²) in [6.45, 7) is 25.1. The van der Waals surface area contributed by atoms with E-state index < -0.39 is 11.9 Å². The number of thiazole rings is 1. The van der Waals surface area contributed by atoms with Gasteiger partial charge in [-0.15, -0.1) is 11.3 Å². The molecule has 52 heavy (non-hydrogen) atoms. The highest BCUT2D eigenvalue weighted by Crippen LogP contribution is 2.75. The molecule has 12 atom stereocenters. The molecular formula is C43H66N4O4S. The van der Waals surface area contributed by atoms with Gasteiger partial charge in [-0.3, -0.25) is 9.48 Å². The van der Waals surface area contributed by atoms with Crippen LogP contribution in [0.3, 0.4) is 0 Å². The van der Waals surface area contributed by atoms with Crippen LogP contribution in [0.5, 0.6) is 0 Å². The van der Waals surface area contributed by atoms with Crippen molar-refractivity contribution in [1.82, 2.24) is 20.1 Å². The highest BCUT2D eigenvalue weighted by atomic mass is 32.1. The van der Waals surface area contributed by atoms with E-state index in [1.807, 2.05) is 24.8 Å². The van der Waals surface area contributed by atoms with Gasteiger partial charge in [-0.1, -0.05) is 74.0 Å². The number of rotatable bonds is 10. The quantitative estimate of drug-likeness (QED) is 0.235. The highest BCUT2D eigenvalue weighted by Gasteiger charge is 2.72. The van der Waals surface area contributed by atoms with Crippen LogP contribution in [-0.4, -0.2) is 64.4 Å². The standard InChI is InChI=1S/C43H66N4O4S/c1-26(2)28(5)38(6)17-18-40(8)29-12-13-33-39(7)23-50-25-43(33,30(29)14-16-41(40,9)34(38)37(48)49)22-32(35(39)51-24-42(10,44-11)27(3)4)47-31(15-19-46-47)36-45-20-21-52-36/h14-15,19-21,26-29,32-35,44H,12-13,16-18,22-25H2,1-11H3,(H,48,49)/t28-,29+,32-,33+,34-,35+,38-,39-,40-,41+,42+,43+/m1/s1. The normalized spacial score (nSPS) is 41.8. The van der Waals surface area contributed by atoms with Crippen molar-refractivity contribution in [3.8, 4) is 10.7 Å². The Morgan fingerprint density at radius 3 is 2.50 bits per heavy atom. The van der Waals surface area contributed by atoms with Gasteiger partial charge >= 0.3 is 5.97 Å². The summed E-state index contributed by atoms with van der Waals surface area (Å²) in [5.74, 6) is 0.838. The van der Waals surface area contributed by atoms with Crippen LogP contribution in [0.25, 0.3) is 10.7 Å². The van der Waals surface area contributed by atoms with E-state index in [0.29, 0.717) is 49.4 Å². The van der Waals surface area contributed by atoms with Crippen LogP contribution in [0, 0.1) is 62.6 Å². The molecule has 2 N–H and O–H groups in total. The maximum absolute atomic E-state index is 13.6. The second-order valence-corrected chi connectivity index (χ2v) is 20.6. The van der Waals surface area contributed by atoms with Crippen LogP contribution in [0.4, 0.5) is 0 Å². The zero-order valence-electron chi connectivity index (χ0n) is 33.8. The predicted octanol–water partition coefficient (Wildman–Crippen LogP) is 9.16. The molecule has 288 valence electrons. The Bertz CT molecular complexity index is 1670. The van der Waals surface area contributed by atoms with E-state index >= 15 is 0 Å². The fourth-order valence-electron chi connectivity index (χ4n) is 13.0. The van der Waals surface area contributed by atoms with Crippen molar-refractivity contribution in [2.24, 2.45) is 62.6 Å². The SMILES string of the molecule is CN[C@@](C)(CO[C@H]1[C@H](n2nccc2-c2nccs2)C[C@@]23COC[C@]1(C)[C@@H]2CC[C@H]1C3=CC[C@@]2(C)[C@H](C(=O)O)[C@@](C)([C@H](C)C(C)C)CC[C@]12C)C(C)C. The zero-order chi connectivity index (χ0) is 37.6. The Kier molecular flexibility index (Phi) is 9.57. The molecule has 0 spiro atoms. The average molecular weight is 735 g/mol. The van der Waals surface area contributed by atoms with Crippen molar-refractivity contribution in [2.75, 3.05) is 26.9 Å². The monoisotopic (exact) mass is 734 g/mol. The van der Waals surface area contributed by atoms with Crippen LogP contribution >= 0.6 is 11.3 Å². The molecule has 3 saturated carbocycles. The van der Waals surface area contributed by atoms with Gasteiger partial charge in [0.25, 0.3) is 0 Å². The summed E-state index contributed by atoms with van der Waals surface area (Å²) in [7, 11) is 2.05. The summed E-state index contributed by atoms with van der Waals surface area (Å²) < 4.78 is 16.4. The first-order chi connectivity index (χ1) is 24.4. The van der Waals surface area contributed by atoms with Crippen LogP contribution < -0.4 is 5.32 Å². The van der Waals surface area contributed by atoms with Crippen molar-refractivity contribution in [2.45, 2.75) is 125 Å². The number of aliphatic carboxylic acids is 1. The number of hydrogen-bond donors (Lipinski definition) is 2. The fourth-order valence-corrected chi connectivity index (χ4v) is 13.7. The lowest BCUT2D eigenvalue weighted by atomic mass is 9.34. The molecule has 0 radical (unpaired) electrons. The molecule has 2 aromatic heterocycles. The largest absolute Gasteiger partial charge is 0.481 e. The van der Waals surface area contributed by atoms with E-state index in [1.165, 1.54) is 0 Å². The number of carboxylic acids is 1. The number of likely N-dealkylation sites (N-methyl/N-ethyl adjacent to an activating group) is 1. The second kappa shape index (κ2) is 13.0. The van der Waals surface area contributed by atoms with E-state index in [4.69, 9.17) is 19.6 Å². The van der Waals surface area contributed by atoms with Gasteiger partial charge in [0.15, 0.2) is 0 Å². The van der Waals surface area contributed by atoms with E-state index in [-0.39, 0.29) is 44.8 Å². The summed E-state index contributed by atoms with van der Waals surface area (Å²) in [6, 6.07) is 2.10. The molecule has 0 amide bonds. The molecule has 4 aliphatic carbocycles. The number of fused-ring (bicyclic) bond motifs is 3. The highest BCUT2D eigenvalue weighted by molar-refractivity contribution is 7.13. The molecule has 0 aromatic carbocycles. The van der Waals surface area contributed by atoms with E-state index in [2.05, 4.69) is 91.4 Å². The smallest absolute Gasteiger partial charge is 0.307 e. The molecule has 1 saturated heterocycles. The summed E-state index contributed by atoms with van der Waals surface area (Å²) >= 11 is 1.66. The minimum absolute atomic E-state index is 0.0126. The maximum atomic E-state index is 13.6. The third kappa shape index (κ3) is 5.24. The predicted molar refractivity (Wildman–Crippen MR) is 208 cm³/mol. The number of ether oxygens (including phenoxy) is 2. The van der Waals surface area contributed by atoms with Crippen LogP contribution in [0.15, 0.2) is 35.5 Å². The van der Waals surface area contributed by atoms with E-state index in [0.717, 1.165) is 49.2 Å². The number of carbonyl (C=O) groups is 1. The zero-order valence-corrected chi connectivity index (χ0v) is 34.6.